The SMILES string of the molecule is Cc1ccc(C(C(=O)Nc2ccccc2C)N(C(=O)C(CCC(N)=O)NC(=O)OC(C)(C)C)C(C)CCC(C)C)cc1. The minimum absolute atomic E-state index is 0.0408. The molecule has 4 amide bonds. The Morgan fingerprint density at radius 1 is 0.905 bits per heavy atom. The van der Waals surface area contributed by atoms with Crippen molar-refractivity contribution in [2.45, 2.75) is 105 Å². The van der Waals surface area contributed by atoms with Gasteiger partial charge in [0.15, 0.2) is 0 Å². The Morgan fingerprint density at radius 3 is 2.07 bits per heavy atom. The maximum atomic E-state index is 14.5. The highest BCUT2D eigenvalue weighted by molar-refractivity contribution is 5.99. The number of nitrogens with two attached hydrogens (primary N) is 1. The first kappa shape index (κ1) is 34.3. The van der Waals surface area contributed by atoms with Crippen molar-refractivity contribution in [2.24, 2.45) is 11.7 Å². The van der Waals surface area contributed by atoms with Gasteiger partial charge in [0.2, 0.25) is 11.8 Å². The third-order valence-electron chi connectivity index (χ3n) is 6.88. The van der Waals surface area contributed by atoms with Gasteiger partial charge in [-0.15, -0.1) is 0 Å². The van der Waals surface area contributed by atoms with E-state index in [4.69, 9.17) is 10.5 Å². The summed E-state index contributed by atoms with van der Waals surface area (Å²) >= 11 is 0. The molecule has 230 valence electrons. The molecule has 4 N–H and O–H groups in total. The first-order chi connectivity index (χ1) is 19.6. The van der Waals surface area contributed by atoms with Crippen molar-refractivity contribution in [3.8, 4) is 0 Å². The molecule has 0 saturated carbocycles. The van der Waals surface area contributed by atoms with E-state index in [1.54, 1.807) is 25.7 Å². The Bertz CT molecular complexity index is 1220. The maximum absolute atomic E-state index is 14.5. The Kier molecular flexibility index (Phi) is 12.6. The largest absolute Gasteiger partial charge is 0.444 e. The first-order valence-electron chi connectivity index (χ1n) is 14.6. The zero-order valence-corrected chi connectivity index (χ0v) is 26.3. The van der Waals surface area contributed by atoms with Gasteiger partial charge in [-0.25, -0.2) is 4.79 Å². The van der Waals surface area contributed by atoms with Gasteiger partial charge in [0.25, 0.3) is 5.91 Å². The number of alkyl carbamates (subject to hydrolysis) is 1. The number of primary amides is 1. The number of nitrogens with one attached hydrogen (secondary N) is 2. The summed E-state index contributed by atoms with van der Waals surface area (Å²) in [5, 5.41) is 5.67. The molecule has 9 heteroatoms. The molecule has 0 fully saturated rings. The maximum Gasteiger partial charge on any atom is 0.408 e. The number of anilines is 1. The smallest absolute Gasteiger partial charge is 0.408 e. The van der Waals surface area contributed by atoms with Crippen LogP contribution in [0.2, 0.25) is 0 Å². The predicted octanol–water partition coefficient (Wildman–Crippen LogP) is 5.80. The summed E-state index contributed by atoms with van der Waals surface area (Å²) in [7, 11) is 0. The van der Waals surface area contributed by atoms with Gasteiger partial charge < -0.3 is 26.0 Å². The van der Waals surface area contributed by atoms with Crippen LogP contribution < -0.4 is 16.4 Å². The van der Waals surface area contributed by atoms with E-state index >= 15 is 0 Å². The predicted molar refractivity (Wildman–Crippen MR) is 166 cm³/mol. The van der Waals surface area contributed by atoms with Crippen molar-refractivity contribution in [1.82, 2.24) is 10.2 Å². The molecule has 0 heterocycles. The van der Waals surface area contributed by atoms with Crippen molar-refractivity contribution in [3.63, 3.8) is 0 Å². The lowest BCUT2D eigenvalue weighted by Gasteiger charge is -2.39. The lowest BCUT2D eigenvalue weighted by molar-refractivity contribution is -0.143. The molecule has 42 heavy (non-hydrogen) atoms. The summed E-state index contributed by atoms with van der Waals surface area (Å²) in [5.41, 5.74) is 7.78. The zero-order valence-electron chi connectivity index (χ0n) is 26.3. The number of carbonyl (C=O) groups excluding carboxylic acids is 4. The number of hydrogen-bond donors (Lipinski definition) is 3. The van der Waals surface area contributed by atoms with E-state index in [0.29, 0.717) is 23.6 Å². The van der Waals surface area contributed by atoms with Gasteiger partial charge in [-0.2, -0.15) is 0 Å². The number of nitrogens with zero attached hydrogens (tertiary/aromatic N) is 1. The third kappa shape index (κ3) is 10.8. The molecule has 0 radical (unpaired) electrons. The zero-order chi connectivity index (χ0) is 31.6. The minimum Gasteiger partial charge on any atom is -0.444 e. The number of para-hydroxylation sites is 1. The molecule has 2 aromatic rings. The van der Waals surface area contributed by atoms with Gasteiger partial charge >= 0.3 is 6.09 Å². The summed E-state index contributed by atoms with van der Waals surface area (Å²) in [6, 6.07) is 12.4. The van der Waals surface area contributed by atoms with Crippen molar-refractivity contribution >= 4 is 29.5 Å². The monoisotopic (exact) mass is 580 g/mol. The number of rotatable bonds is 13. The fraction of sp³-hybridized carbons (Fsp3) is 0.515. The highest BCUT2D eigenvalue weighted by atomic mass is 16.6. The molecule has 0 aliphatic heterocycles. The van der Waals surface area contributed by atoms with Crippen molar-refractivity contribution in [1.29, 1.82) is 0 Å². The number of carbonyl (C=O) groups is 4. The lowest BCUT2D eigenvalue weighted by Crippen LogP contribution is -2.55. The molecule has 0 aliphatic rings. The Labute approximate surface area is 250 Å². The van der Waals surface area contributed by atoms with Crippen LogP contribution in [0.4, 0.5) is 10.5 Å². The van der Waals surface area contributed by atoms with E-state index in [9.17, 15) is 19.2 Å². The Hall–Kier alpha value is -3.88. The molecule has 0 saturated heterocycles. The summed E-state index contributed by atoms with van der Waals surface area (Å²) < 4.78 is 5.43. The first-order valence-corrected chi connectivity index (χ1v) is 14.6. The molecule has 2 aromatic carbocycles. The van der Waals surface area contributed by atoms with Gasteiger partial charge in [0.1, 0.15) is 17.7 Å². The van der Waals surface area contributed by atoms with E-state index in [0.717, 1.165) is 17.5 Å². The van der Waals surface area contributed by atoms with Gasteiger partial charge in [-0.05, 0) is 83.9 Å². The van der Waals surface area contributed by atoms with Crippen LogP contribution in [0.1, 0.15) is 90.0 Å². The van der Waals surface area contributed by atoms with E-state index < -0.39 is 35.6 Å². The standard InChI is InChI=1S/C33H48N4O5/c1-21(2)13-16-24(5)37(31(40)27(19-20-28(34)38)36-32(41)42-33(6,7)8)29(25-17-14-22(3)15-18-25)30(39)35-26-12-10-9-11-23(26)4/h9-12,14-15,17-18,21,24,27,29H,13,16,19-20H2,1-8H3,(H2,34,38)(H,35,39)(H,36,41). The van der Waals surface area contributed by atoms with E-state index in [-0.39, 0.29) is 24.8 Å². The van der Waals surface area contributed by atoms with Crippen molar-refractivity contribution in [3.05, 3.63) is 65.2 Å². The fourth-order valence-corrected chi connectivity index (χ4v) is 4.59. The lowest BCUT2D eigenvalue weighted by atomic mass is 9.96. The van der Waals surface area contributed by atoms with E-state index in [2.05, 4.69) is 24.5 Å². The highest BCUT2D eigenvalue weighted by Gasteiger charge is 2.39. The highest BCUT2D eigenvalue weighted by Crippen LogP contribution is 2.30. The van der Waals surface area contributed by atoms with Gasteiger partial charge in [-0.3, -0.25) is 14.4 Å². The molecular formula is C33H48N4O5. The average molecular weight is 581 g/mol. The molecule has 9 nitrogen and oxygen atoms in total. The summed E-state index contributed by atoms with van der Waals surface area (Å²) in [6.07, 6.45) is 0.470. The van der Waals surface area contributed by atoms with E-state index in [1.165, 1.54) is 0 Å². The third-order valence-corrected chi connectivity index (χ3v) is 6.88. The van der Waals surface area contributed by atoms with Crippen LogP contribution in [-0.2, 0) is 19.1 Å². The van der Waals surface area contributed by atoms with Gasteiger partial charge in [0, 0.05) is 18.2 Å². The molecule has 0 spiro atoms. The molecule has 0 aromatic heterocycles. The Morgan fingerprint density at radius 2 is 1.52 bits per heavy atom. The molecule has 2 rings (SSSR count). The van der Waals surface area contributed by atoms with Crippen LogP contribution in [0.5, 0.6) is 0 Å². The second kappa shape index (κ2) is 15.4. The summed E-state index contributed by atoms with van der Waals surface area (Å²) in [4.78, 5) is 54.7. The quantitative estimate of drug-likeness (QED) is 0.276. The van der Waals surface area contributed by atoms with Gasteiger partial charge in [0.05, 0.1) is 0 Å². The van der Waals surface area contributed by atoms with Crippen LogP contribution in [-0.4, -0.2) is 46.4 Å². The van der Waals surface area contributed by atoms with Gasteiger partial charge in [-0.1, -0.05) is 61.9 Å². The summed E-state index contributed by atoms with van der Waals surface area (Å²) in [5.74, 6) is -1.12. The molecule has 0 bridgehead atoms. The molecule has 3 atom stereocenters. The van der Waals surface area contributed by atoms with E-state index in [1.807, 2.05) is 69.3 Å². The number of amides is 4. The number of benzene rings is 2. The fourth-order valence-electron chi connectivity index (χ4n) is 4.59. The van der Waals surface area contributed by atoms with Crippen LogP contribution >= 0.6 is 0 Å². The van der Waals surface area contributed by atoms with Crippen molar-refractivity contribution in [2.75, 3.05) is 5.32 Å². The topological polar surface area (TPSA) is 131 Å². The van der Waals surface area contributed by atoms with Crippen LogP contribution in [0.25, 0.3) is 0 Å². The molecule has 0 aliphatic carbocycles. The Balaban J connectivity index is 2.63. The summed E-state index contributed by atoms with van der Waals surface area (Å²) in [6.45, 7) is 15.1. The number of ether oxygens (including phenoxy) is 1. The second-order valence-electron chi connectivity index (χ2n) is 12.4. The van der Waals surface area contributed by atoms with Crippen LogP contribution in [0.3, 0.4) is 0 Å². The number of hydrogen-bond acceptors (Lipinski definition) is 5. The van der Waals surface area contributed by atoms with Crippen LogP contribution in [0.15, 0.2) is 48.5 Å². The molecular weight excluding hydrogens is 532 g/mol. The molecule has 3 unspecified atom stereocenters. The minimum atomic E-state index is -1.15. The number of aryl methyl sites for hydroxylation is 2. The van der Waals surface area contributed by atoms with Crippen LogP contribution in [0, 0.1) is 19.8 Å². The van der Waals surface area contributed by atoms with Crippen molar-refractivity contribution < 1.29 is 23.9 Å². The normalized spacial score (nSPS) is 13.5. The second-order valence-corrected chi connectivity index (χ2v) is 12.4. The average Bonchev–Trinajstić information content (AvgIpc) is 2.88.